The van der Waals surface area contributed by atoms with Crippen molar-refractivity contribution >= 4 is 17.7 Å². The Morgan fingerprint density at radius 1 is 1.38 bits per heavy atom. The smallest absolute Gasteiger partial charge is 0.219 e. The van der Waals surface area contributed by atoms with Gasteiger partial charge in [-0.05, 0) is 31.4 Å². The second-order valence-corrected chi connectivity index (χ2v) is 8.44. The monoisotopic (exact) mass is 378 g/mol. The molecular formula is C19H30N4O2S. The summed E-state index contributed by atoms with van der Waals surface area (Å²) in [5.41, 5.74) is 1.06. The normalized spacial score (nSPS) is 28.7. The van der Waals surface area contributed by atoms with Gasteiger partial charge in [0.15, 0.2) is 5.16 Å². The summed E-state index contributed by atoms with van der Waals surface area (Å²) in [6.07, 6.45) is 8.42. The van der Waals surface area contributed by atoms with E-state index in [1.807, 2.05) is 26.4 Å². The van der Waals surface area contributed by atoms with E-state index in [-0.39, 0.29) is 17.6 Å². The summed E-state index contributed by atoms with van der Waals surface area (Å²) < 4.78 is 6.01. The molecule has 0 aromatic carbocycles. The summed E-state index contributed by atoms with van der Waals surface area (Å²) in [6, 6.07) is 0.573. The lowest BCUT2D eigenvalue weighted by molar-refractivity contribution is -0.123. The van der Waals surface area contributed by atoms with E-state index in [4.69, 9.17) is 4.74 Å². The fraction of sp³-hybridized carbons (Fsp3) is 0.737. The Morgan fingerprint density at radius 2 is 2.15 bits per heavy atom. The third kappa shape index (κ3) is 4.21. The molecule has 2 heterocycles. The maximum atomic E-state index is 11.8. The summed E-state index contributed by atoms with van der Waals surface area (Å²) in [5.74, 6) is 1.12. The van der Waals surface area contributed by atoms with E-state index < -0.39 is 0 Å². The number of fused-ring (bicyclic) bond motifs is 1. The Labute approximate surface area is 160 Å². The van der Waals surface area contributed by atoms with Crippen molar-refractivity contribution in [2.75, 3.05) is 19.4 Å². The summed E-state index contributed by atoms with van der Waals surface area (Å²) in [7, 11) is 1.83. The molecule has 0 unspecified atom stereocenters. The van der Waals surface area contributed by atoms with Crippen molar-refractivity contribution in [1.82, 2.24) is 20.2 Å². The Balaban J connectivity index is 1.68. The van der Waals surface area contributed by atoms with Gasteiger partial charge < -0.3 is 10.1 Å². The minimum absolute atomic E-state index is 0.0771. The maximum Gasteiger partial charge on any atom is 0.219 e. The van der Waals surface area contributed by atoms with E-state index in [2.05, 4.69) is 27.1 Å². The highest BCUT2D eigenvalue weighted by atomic mass is 32.2. The first-order valence-corrected chi connectivity index (χ1v) is 10.6. The van der Waals surface area contributed by atoms with Crippen molar-refractivity contribution in [3.8, 4) is 0 Å². The highest BCUT2D eigenvalue weighted by Gasteiger charge is 2.51. The molecule has 1 N–H and O–H groups in total. The molecule has 1 saturated heterocycles. The summed E-state index contributed by atoms with van der Waals surface area (Å²) >= 11 is 1.66. The molecule has 1 aliphatic heterocycles. The van der Waals surface area contributed by atoms with E-state index in [1.165, 1.54) is 0 Å². The van der Waals surface area contributed by atoms with Crippen LogP contribution in [-0.4, -0.2) is 57.9 Å². The number of carbonyl (C=O) groups excluding carboxylic acids is 1. The number of carbonyl (C=O) groups is 1. The predicted octanol–water partition coefficient (Wildman–Crippen LogP) is 2.63. The van der Waals surface area contributed by atoms with Crippen molar-refractivity contribution < 1.29 is 9.53 Å². The number of rotatable bonds is 7. The van der Waals surface area contributed by atoms with E-state index in [0.717, 1.165) is 55.2 Å². The van der Waals surface area contributed by atoms with Crippen molar-refractivity contribution in [2.45, 2.75) is 75.3 Å². The largest absolute Gasteiger partial charge is 0.377 e. The molecule has 1 aromatic heterocycles. The average Bonchev–Trinajstić information content (AvgIpc) is 3.02. The number of methoxy groups -OCH3 is 1. The van der Waals surface area contributed by atoms with Gasteiger partial charge in [-0.1, -0.05) is 25.6 Å². The van der Waals surface area contributed by atoms with Crippen molar-refractivity contribution in [2.24, 2.45) is 0 Å². The number of likely N-dealkylation sites (tertiary alicyclic amines) is 1. The molecule has 2 fully saturated rings. The van der Waals surface area contributed by atoms with Crippen LogP contribution in [-0.2, 0) is 16.1 Å². The van der Waals surface area contributed by atoms with Crippen LogP contribution >= 0.6 is 11.8 Å². The van der Waals surface area contributed by atoms with Gasteiger partial charge in [-0.25, -0.2) is 9.97 Å². The van der Waals surface area contributed by atoms with Crippen LogP contribution in [0.4, 0.5) is 0 Å². The SMILES string of the molecule is CCSc1ncc(CN2CC[C@]3(OC)CC[C@@H](NC(=O)CC)C[C@H]23)cn1. The fourth-order valence-corrected chi connectivity index (χ4v) is 4.82. The average molecular weight is 379 g/mol. The first-order valence-electron chi connectivity index (χ1n) is 9.62. The number of thioether (sulfide) groups is 1. The van der Waals surface area contributed by atoms with E-state index in [1.54, 1.807) is 11.8 Å². The Bertz CT molecular complexity index is 612. The molecule has 3 rings (SSSR count). The van der Waals surface area contributed by atoms with Gasteiger partial charge in [0.1, 0.15) is 0 Å². The third-order valence-corrected chi connectivity index (χ3v) is 6.49. The first kappa shape index (κ1) is 19.6. The summed E-state index contributed by atoms with van der Waals surface area (Å²) in [5, 5.41) is 4.02. The van der Waals surface area contributed by atoms with Crippen LogP contribution < -0.4 is 5.32 Å². The number of ether oxygens (including phenoxy) is 1. The van der Waals surface area contributed by atoms with Crippen LogP contribution in [0.3, 0.4) is 0 Å². The van der Waals surface area contributed by atoms with E-state index in [0.29, 0.717) is 12.5 Å². The lowest BCUT2D eigenvalue weighted by atomic mass is 9.78. The number of nitrogens with zero attached hydrogens (tertiary/aromatic N) is 3. The number of hydrogen-bond donors (Lipinski definition) is 1. The second kappa shape index (κ2) is 8.67. The predicted molar refractivity (Wildman–Crippen MR) is 103 cm³/mol. The van der Waals surface area contributed by atoms with E-state index >= 15 is 0 Å². The zero-order valence-corrected chi connectivity index (χ0v) is 16.8. The molecule has 26 heavy (non-hydrogen) atoms. The lowest BCUT2D eigenvalue weighted by Crippen LogP contribution is -2.54. The maximum absolute atomic E-state index is 11.8. The highest BCUT2D eigenvalue weighted by molar-refractivity contribution is 7.99. The molecule has 0 radical (unpaired) electrons. The summed E-state index contributed by atoms with van der Waals surface area (Å²) in [6.45, 7) is 5.85. The van der Waals surface area contributed by atoms with Gasteiger partial charge in [-0.15, -0.1) is 0 Å². The molecular weight excluding hydrogens is 348 g/mol. The van der Waals surface area contributed by atoms with Crippen LogP contribution in [0.2, 0.25) is 0 Å². The number of amides is 1. The van der Waals surface area contributed by atoms with Crippen molar-refractivity contribution in [3.63, 3.8) is 0 Å². The topological polar surface area (TPSA) is 67.3 Å². The Morgan fingerprint density at radius 3 is 2.81 bits per heavy atom. The highest BCUT2D eigenvalue weighted by Crippen LogP contribution is 2.43. The Kier molecular flexibility index (Phi) is 6.53. The number of hydrogen-bond acceptors (Lipinski definition) is 6. The van der Waals surface area contributed by atoms with E-state index in [9.17, 15) is 4.79 Å². The zero-order chi connectivity index (χ0) is 18.6. The molecule has 0 spiro atoms. The molecule has 3 atom stereocenters. The molecule has 1 saturated carbocycles. The van der Waals surface area contributed by atoms with Crippen LogP contribution in [0.1, 0.15) is 51.5 Å². The number of aromatic nitrogens is 2. The quantitative estimate of drug-likeness (QED) is 0.581. The van der Waals surface area contributed by atoms with Gasteiger partial charge in [-0.2, -0.15) is 0 Å². The molecule has 1 amide bonds. The van der Waals surface area contributed by atoms with Gasteiger partial charge >= 0.3 is 0 Å². The van der Waals surface area contributed by atoms with Crippen LogP contribution in [0.5, 0.6) is 0 Å². The van der Waals surface area contributed by atoms with Crippen LogP contribution in [0, 0.1) is 0 Å². The van der Waals surface area contributed by atoms with Crippen molar-refractivity contribution in [1.29, 1.82) is 0 Å². The second-order valence-electron chi connectivity index (χ2n) is 7.20. The van der Waals surface area contributed by atoms with Crippen LogP contribution in [0.15, 0.2) is 17.6 Å². The minimum Gasteiger partial charge on any atom is -0.377 e. The summed E-state index contributed by atoms with van der Waals surface area (Å²) in [4.78, 5) is 23.2. The molecule has 0 bridgehead atoms. The van der Waals surface area contributed by atoms with Crippen LogP contribution in [0.25, 0.3) is 0 Å². The molecule has 2 aliphatic rings. The standard InChI is InChI=1S/C19H30N4O2S/c1-4-17(24)22-15-6-7-19(25-3)8-9-23(16(19)10-15)13-14-11-20-18(21-12-14)26-5-2/h11-12,15-16H,4-10,13H2,1-3H3,(H,22,24)/t15-,16+,19-/m1/s1. The molecule has 7 heteroatoms. The molecule has 1 aliphatic carbocycles. The van der Waals surface area contributed by atoms with Gasteiger partial charge in [0.2, 0.25) is 5.91 Å². The molecule has 1 aromatic rings. The van der Waals surface area contributed by atoms with Gasteiger partial charge in [-0.3, -0.25) is 9.69 Å². The molecule has 6 nitrogen and oxygen atoms in total. The lowest BCUT2D eigenvalue weighted by Gasteiger charge is -2.44. The third-order valence-electron chi connectivity index (χ3n) is 5.73. The van der Waals surface area contributed by atoms with Gasteiger partial charge in [0.05, 0.1) is 5.60 Å². The van der Waals surface area contributed by atoms with Gasteiger partial charge in [0.25, 0.3) is 0 Å². The van der Waals surface area contributed by atoms with Crippen molar-refractivity contribution in [3.05, 3.63) is 18.0 Å². The first-order chi connectivity index (χ1) is 12.6. The number of nitrogens with one attached hydrogen (secondary N) is 1. The Hall–Kier alpha value is -1.18. The molecule has 144 valence electrons. The van der Waals surface area contributed by atoms with Gasteiger partial charge in [0, 0.05) is 56.7 Å². The minimum atomic E-state index is -0.0771. The zero-order valence-electron chi connectivity index (χ0n) is 16.0. The fourth-order valence-electron chi connectivity index (χ4n) is 4.30.